The molecule has 1 amide bonds. The molecule has 1 N–H and O–H groups in total. The minimum atomic E-state index is -4.59. The molecule has 2 aromatic rings. The number of hydrogen-bond acceptors (Lipinski definition) is 3. The second-order valence-corrected chi connectivity index (χ2v) is 7.52. The number of aliphatic imine (C=N–C) groups is 1. The molecule has 1 aromatic heterocycles. The van der Waals surface area contributed by atoms with Crippen LogP contribution in [0.15, 0.2) is 41.4 Å². The molecule has 0 saturated carbocycles. The molecule has 0 fully saturated rings. The van der Waals surface area contributed by atoms with Gasteiger partial charge in [-0.25, -0.2) is 8.78 Å². The molecule has 0 spiro atoms. The lowest BCUT2D eigenvalue weighted by atomic mass is 9.91. The fourth-order valence-electron chi connectivity index (χ4n) is 2.99. The molecule has 0 saturated heterocycles. The fourth-order valence-corrected chi connectivity index (χ4v) is 3.98. The molecule has 0 radical (unpaired) electrons. The van der Waals surface area contributed by atoms with Crippen LogP contribution in [0.25, 0.3) is 5.57 Å². The number of hydrogen-bond donors (Lipinski definition) is 1. The zero-order chi connectivity index (χ0) is 22.5. The molecule has 0 atom stereocenters. The normalized spacial score (nSPS) is 13.1. The summed E-state index contributed by atoms with van der Waals surface area (Å²) in [4.78, 5) is 16.1. The standard InChI is InChI=1S/C21H21F5N2OS/c1-4-12(5-2)13(11-17(27-3)21(24,25)26)16-9-10-18(30-16)28-20(29)19-14(22)7-6-8-15(19)23/h6-12H,4-5H2,1-3H3,(H,28,29). The minimum absolute atomic E-state index is 0.157. The van der Waals surface area contributed by atoms with Crippen molar-refractivity contribution >= 4 is 33.5 Å². The predicted molar refractivity (Wildman–Crippen MR) is 110 cm³/mol. The van der Waals surface area contributed by atoms with E-state index in [1.54, 1.807) is 6.07 Å². The molecule has 0 unspecified atom stereocenters. The Kier molecular flexibility index (Phi) is 7.89. The number of halogens is 5. The van der Waals surface area contributed by atoms with E-state index in [4.69, 9.17) is 0 Å². The van der Waals surface area contributed by atoms with Crippen LogP contribution in [-0.2, 0) is 0 Å². The Morgan fingerprint density at radius 3 is 2.23 bits per heavy atom. The predicted octanol–water partition coefficient (Wildman–Crippen LogP) is 6.73. The van der Waals surface area contributed by atoms with Gasteiger partial charge in [0.25, 0.3) is 5.91 Å². The number of thiophene rings is 1. The van der Waals surface area contributed by atoms with Gasteiger partial charge in [0.1, 0.15) is 22.9 Å². The van der Waals surface area contributed by atoms with Gasteiger partial charge in [0.2, 0.25) is 0 Å². The summed E-state index contributed by atoms with van der Waals surface area (Å²) in [7, 11) is 1.08. The number of carbonyl (C=O) groups excluding carboxylic acids is 1. The number of alkyl halides is 3. The fraction of sp³-hybridized carbons (Fsp3) is 0.333. The van der Waals surface area contributed by atoms with Crippen LogP contribution in [-0.4, -0.2) is 24.8 Å². The van der Waals surface area contributed by atoms with Gasteiger partial charge in [-0.2, -0.15) is 13.2 Å². The third-order valence-corrected chi connectivity index (χ3v) is 5.62. The number of nitrogens with zero attached hydrogens (tertiary/aromatic N) is 1. The van der Waals surface area contributed by atoms with Crippen LogP contribution in [0.5, 0.6) is 0 Å². The van der Waals surface area contributed by atoms with Crippen molar-refractivity contribution in [1.82, 2.24) is 0 Å². The smallest absolute Gasteiger partial charge is 0.313 e. The lowest BCUT2D eigenvalue weighted by Crippen LogP contribution is -2.21. The van der Waals surface area contributed by atoms with Crippen molar-refractivity contribution in [2.75, 3.05) is 12.4 Å². The van der Waals surface area contributed by atoms with E-state index in [1.165, 1.54) is 6.07 Å². The molecular formula is C21H21F5N2OS. The van der Waals surface area contributed by atoms with Crippen LogP contribution in [0.1, 0.15) is 41.9 Å². The number of carbonyl (C=O) groups is 1. The minimum Gasteiger partial charge on any atom is -0.313 e. The Labute approximate surface area is 175 Å². The van der Waals surface area contributed by atoms with Gasteiger partial charge >= 0.3 is 6.18 Å². The van der Waals surface area contributed by atoms with Crippen LogP contribution >= 0.6 is 11.3 Å². The second-order valence-electron chi connectivity index (χ2n) is 6.43. The molecule has 0 bridgehead atoms. The monoisotopic (exact) mass is 444 g/mol. The molecule has 1 heterocycles. The summed E-state index contributed by atoms with van der Waals surface area (Å²) in [5.74, 6) is -3.14. The first kappa shape index (κ1) is 23.7. The van der Waals surface area contributed by atoms with E-state index in [0.717, 1.165) is 42.7 Å². The van der Waals surface area contributed by atoms with Crippen LogP contribution in [0.3, 0.4) is 0 Å². The van der Waals surface area contributed by atoms with Crippen LogP contribution in [0.4, 0.5) is 27.0 Å². The van der Waals surface area contributed by atoms with E-state index in [1.807, 2.05) is 13.8 Å². The van der Waals surface area contributed by atoms with Gasteiger partial charge in [0, 0.05) is 11.9 Å². The van der Waals surface area contributed by atoms with E-state index in [9.17, 15) is 26.7 Å². The van der Waals surface area contributed by atoms with Gasteiger partial charge in [-0.15, -0.1) is 11.3 Å². The third kappa shape index (κ3) is 5.53. The van der Waals surface area contributed by atoms with E-state index in [2.05, 4.69) is 10.3 Å². The number of anilines is 1. The maximum atomic E-state index is 13.8. The number of nitrogens with one attached hydrogen (secondary N) is 1. The SMILES string of the molecule is CCC(CC)C(=CC(=NC)C(F)(F)F)c1ccc(NC(=O)c2c(F)cccc2F)s1. The summed E-state index contributed by atoms with van der Waals surface area (Å²) in [5.41, 5.74) is -1.28. The average molecular weight is 444 g/mol. The van der Waals surface area contributed by atoms with Gasteiger partial charge in [0.15, 0.2) is 0 Å². The van der Waals surface area contributed by atoms with Gasteiger partial charge in [-0.3, -0.25) is 9.79 Å². The number of rotatable bonds is 7. The maximum Gasteiger partial charge on any atom is 0.432 e. The van der Waals surface area contributed by atoms with Gasteiger partial charge in [-0.05, 0) is 54.7 Å². The third-order valence-electron chi connectivity index (χ3n) is 4.57. The van der Waals surface area contributed by atoms with E-state index in [-0.39, 0.29) is 10.9 Å². The lowest BCUT2D eigenvalue weighted by Gasteiger charge is -2.17. The molecule has 9 heteroatoms. The molecule has 1 aromatic carbocycles. The highest BCUT2D eigenvalue weighted by molar-refractivity contribution is 7.17. The number of benzene rings is 1. The molecule has 3 nitrogen and oxygen atoms in total. The second kappa shape index (κ2) is 9.97. The first-order chi connectivity index (χ1) is 14.1. The summed E-state index contributed by atoms with van der Waals surface area (Å²) in [6, 6.07) is 6.14. The molecule has 162 valence electrons. The van der Waals surface area contributed by atoms with E-state index in [0.29, 0.717) is 23.3 Å². The first-order valence-corrected chi connectivity index (χ1v) is 10.0. The van der Waals surface area contributed by atoms with Crippen LogP contribution < -0.4 is 5.32 Å². The highest BCUT2D eigenvalue weighted by atomic mass is 32.1. The maximum absolute atomic E-state index is 13.8. The van der Waals surface area contributed by atoms with Gasteiger partial charge in [0.05, 0.1) is 5.00 Å². The molecule has 2 rings (SSSR count). The highest BCUT2D eigenvalue weighted by Crippen LogP contribution is 2.36. The summed E-state index contributed by atoms with van der Waals surface area (Å²) >= 11 is 1.03. The van der Waals surface area contributed by atoms with Crippen molar-refractivity contribution in [3.63, 3.8) is 0 Å². The molecule has 0 aliphatic heterocycles. The Hall–Kier alpha value is -2.55. The molecule has 30 heavy (non-hydrogen) atoms. The number of allylic oxidation sites excluding steroid dienone is 2. The van der Waals surface area contributed by atoms with Crippen LogP contribution in [0.2, 0.25) is 0 Å². The van der Waals surface area contributed by atoms with Crippen molar-refractivity contribution in [2.45, 2.75) is 32.9 Å². The van der Waals surface area contributed by atoms with Crippen LogP contribution in [0, 0.1) is 17.6 Å². The van der Waals surface area contributed by atoms with Crippen molar-refractivity contribution in [3.8, 4) is 0 Å². The largest absolute Gasteiger partial charge is 0.432 e. The Bertz CT molecular complexity index is 938. The summed E-state index contributed by atoms with van der Waals surface area (Å²) in [6.45, 7) is 3.74. The van der Waals surface area contributed by atoms with E-state index >= 15 is 0 Å². The van der Waals surface area contributed by atoms with Crippen molar-refractivity contribution < 1.29 is 26.7 Å². The van der Waals surface area contributed by atoms with Crippen molar-refractivity contribution in [3.05, 3.63) is 58.5 Å². The Morgan fingerprint density at radius 1 is 1.13 bits per heavy atom. The summed E-state index contributed by atoms with van der Waals surface area (Å²) in [6.07, 6.45) is -2.36. The topological polar surface area (TPSA) is 41.5 Å². The average Bonchev–Trinajstić information content (AvgIpc) is 3.12. The molecule has 0 aliphatic rings. The zero-order valence-electron chi connectivity index (χ0n) is 16.6. The molecular weight excluding hydrogens is 423 g/mol. The number of amides is 1. The first-order valence-electron chi connectivity index (χ1n) is 9.23. The summed E-state index contributed by atoms with van der Waals surface area (Å²) in [5, 5.41) is 2.67. The van der Waals surface area contributed by atoms with Crippen molar-refractivity contribution in [1.29, 1.82) is 0 Å². The van der Waals surface area contributed by atoms with Gasteiger partial charge in [-0.1, -0.05) is 19.9 Å². The Morgan fingerprint density at radius 2 is 1.73 bits per heavy atom. The molecule has 0 aliphatic carbocycles. The van der Waals surface area contributed by atoms with E-state index < -0.39 is 35.0 Å². The summed E-state index contributed by atoms with van der Waals surface area (Å²) < 4.78 is 67.2. The lowest BCUT2D eigenvalue weighted by molar-refractivity contribution is -0.0577. The highest BCUT2D eigenvalue weighted by Gasteiger charge is 2.34. The zero-order valence-corrected chi connectivity index (χ0v) is 17.4. The quantitative estimate of drug-likeness (QED) is 0.373. The van der Waals surface area contributed by atoms with Crippen molar-refractivity contribution in [2.24, 2.45) is 10.9 Å². The van der Waals surface area contributed by atoms with Gasteiger partial charge < -0.3 is 5.32 Å². The Balaban J connectivity index is 2.39.